The van der Waals surface area contributed by atoms with Crippen LogP contribution in [0.3, 0.4) is 0 Å². The molecule has 2 fully saturated rings. The van der Waals surface area contributed by atoms with Gasteiger partial charge in [0.1, 0.15) is 0 Å². The van der Waals surface area contributed by atoms with Crippen LogP contribution in [0.2, 0.25) is 0 Å². The number of carbonyl (C=O) groups is 1. The monoisotopic (exact) mass is 169 g/mol. The second-order valence-electron chi connectivity index (χ2n) is 3.83. The van der Waals surface area contributed by atoms with Crippen molar-refractivity contribution in [2.45, 2.75) is 38.3 Å². The number of ether oxygens (including phenoxy) is 1. The van der Waals surface area contributed by atoms with Gasteiger partial charge in [-0.1, -0.05) is 6.92 Å². The minimum atomic E-state index is 0.189. The van der Waals surface area contributed by atoms with E-state index >= 15 is 0 Å². The molecule has 0 aliphatic carbocycles. The Balaban J connectivity index is 2.06. The van der Waals surface area contributed by atoms with Gasteiger partial charge >= 0.3 is 0 Å². The minimum absolute atomic E-state index is 0.189. The van der Waals surface area contributed by atoms with Gasteiger partial charge in [0.25, 0.3) is 0 Å². The summed E-state index contributed by atoms with van der Waals surface area (Å²) in [7, 11) is 0. The molecule has 1 amide bonds. The summed E-state index contributed by atoms with van der Waals surface area (Å²) in [5.41, 5.74) is 0. The van der Waals surface area contributed by atoms with E-state index in [0.29, 0.717) is 12.3 Å². The van der Waals surface area contributed by atoms with Gasteiger partial charge in [-0.3, -0.25) is 4.79 Å². The van der Waals surface area contributed by atoms with Gasteiger partial charge in [-0.15, -0.1) is 0 Å². The fourth-order valence-electron chi connectivity index (χ4n) is 2.19. The molecule has 2 saturated heterocycles. The summed E-state index contributed by atoms with van der Waals surface area (Å²) in [5, 5.41) is 2.98. The van der Waals surface area contributed by atoms with Crippen molar-refractivity contribution in [3.63, 3.8) is 0 Å². The van der Waals surface area contributed by atoms with Crippen LogP contribution in [-0.4, -0.2) is 24.7 Å². The van der Waals surface area contributed by atoms with E-state index in [1.165, 1.54) is 0 Å². The smallest absolute Gasteiger partial charge is 0.220 e. The fourth-order valence-corrected chi connectivity index (χ4v) is 2.19. The summed E-state index contributed by atoms with van der Waals surface area (Å²) in [4.78, 5) is 11.2. The van der Waals surface area contributed by atoms with Gasteiger partial charge in [-0.25, -0.2) is 0 Å². The summed E-state index contributed by atoms with van der Waals surface area (Å²) in [5.74, 6) is 0.582. The third-order valence-corrected chi connectivity index (χ3v) is 2.78. The van der Waals surface area contributed by atoms with Gasteiger partial charge in [-0.05, 0) is 18.8 Å². The van der Waals surface area contributed by atoms with Gasteiger partial charge in [0.15, 0.2) is 0 Å². The SMILES string of the molecule is CC1CC(=O)NC2CCCOC12. The van der Waals surface area contributed by atoms with Gasteiger partial charge in [0.05, 0.1) is 12.1 Å². The predicted molar refractivity (Wildman–Crippen MR) is 44.7 cm³/mol. The van der Waals surface area contributed by atoms with E-state index < -0.39 is 0 Å². The summed E-state index contributed by atoms with van der Waals surface area (Å²) < 4.78 is 5.63. The van der Waals surface area contributed by atoms with Crippen LogP contribution in [-0.2, 0) is 9.53 Å². The number of hydrogen-bond acceptors (Lipinski definition) is 2. The van der Waals surface area contributed by atoms with Crippen molar-refractivity contribution < 1.29 is 9.53 Å². The largest absolute Gasteiger partial charge is 0.376 e. The first-order chi connectivity index (χ1) is 5.77. The summed E-state index contributed by atoms with van der Waals surface area (Å²) >= 11 is 0. The highest BCUT2D eigenvalue weighted by Crippen LogP contribution is 2.26. The summed E-state index contributed by atoms with van der Waals surface area (Å²) in [6.45, 7) is 2.96. The zero-order chi connectivity index (χ0) is 8.55. The molecule has 0 aromatic carbocycles. The molecule has 2 aliphatic rings. The third-order valence-electron chi connectivity index (χ3n) is 2.78. The molecule has 0 radical (unpaired) electrons. The molecule has 3 atom stereocenters. The number of rotatable bonds is 0. The highest BCUT2D eigenvalue weighted by Gasteiger charge is 2.36. The lowest BCUT2D eigenvalue weighted by atomic mass is 9.86. The minimum Gasteiger partial charge on any atom is -0.376 e. The quantitative estimate of drug-likeness (QED) is 0.579. The van der Waals surface area contributed by atoms with Crippen LogP contribution in [0.15, 0.2) is 0 Å². The van der Waals surface area contributed by atoms with E-state index in [-0.39, 0.29) is 18.1 Å². The van der Waals surface area contributed by atoms with Gasteiger partial charge in [0.2, 0.25) is 5.91 Å². The molecule has 3 unspecified atom stereocenters. The fraction of sp³-hybridized carbons (Fsp3) is 0.889. The average molecular weight is 169 g/mol. The number of piperidine rings is 1. The number of amides is 1. The van der Waals surface area contributed by atoms with Gasteiger partial charge in [-0.2, -0.15) is 0 Å². The van der Waals surface area contributed by atoms with Crippen molar-refractivity contribution in [3.8, 4) is 0 Å². The Morgan fingerprint density at radius 1 is 1.58 bits per heavy atom. The van der Waals surface area contributed by atoms with E-state index in [4.69, 9.17) is 4.74 Å². The topological polar surface area (TPSA) is 38.3 Å². The first-order valence-electron chi connectivity index (χ1n) is 4.68. The highest BCUT2D eigenvalue weighted by atomic mass is 16.5. The van der Waals surface area contributed by atoms with Crippen molar-refractivity contribution in [1.29, 1.82) is 0 Å². The maximum Gasteiger partial charge on any atom is 0.220 e. The second kappa shape index (κ2) is 3.05. The third kappa shape index (κ3) is 1.33. The molecule has 0 bridgehead atoms. The molecule has 12 heavy (non-hydrogen) atoms. The molecular formula is C9H15NO2. The number of nitrogens with one attached hydrogen (secondary N) is 1. The molecule has 2 rings (SSSR count). The highest BCUT2D eigenvalue weighted by molar-refractivity contribution is 5.77. The van der Waals surface area contributed by atoms with Gasteiger partial charge < -0.3 is 10.1 Å². The molecule has 0 saturated carbocycles. The number of hydrogen-bond donors (Lipinski definition) is 1. The molecule has 0 spiro atoms. The Kier molecular flexibility index (Phi) is 2.05. The van der Waals surface area contributed by atoms with Crippen molar-refractivity contribution in [3.05, 3.63) is 0 Å². The van der Waals surface area contributed by atoms with Crippen LogP contribution in [0.25, 0.3) is 0 Å². The summed E-state index contributed by atoms with van der Waals surface area (Å²) in [6.07, 6.45) is 3.06. The van der Waals surface area contributed by atoms with Crippen molar-refractivity contribution >= 4 is 5.91 Å². The van der Waals surface area contributed by atoms with E-state index in [2.05, 4.69) is 12.2 Å². The average Bonchev–Trinajstić information content (AvgIpc) is 2.04. The van der Waals surface area contributed by atoms with Crippen LogP contribution < -0.4 is 5.32 Å². The Morgan fingerprint density at radius 3 is 3.25 bits per heavy atom. The maximum atomic E-state index is 11.2. The first-order valence-corrected chi connectivity index (χ1v) is 4.68. The van der Waals surface area contributed by atoms with Crippen LogP contribution in [0.4, 0.5) is 0 Å². The molecule has 2 heterocycles. The Morgan fingerprint density at radius 2 is 2.42 bits per heavy atom. The predicted octanol–water partition coefficient (Wildman–Crippen LogP) is 0.690. The second-order valence-corrected chi connectivity index (χ2v) is 3.83. The normalized spacial score (nSPS) is 41.8. The Bertz CT molecular complexity index is 193. The van der Waals surface area contributed by atoms with Crippen LogP contribution in [0, 0.1) is 5.92 Å². The Hall–Kier alpha value is -0.570. The summed E-state index contributed by atoms with van der Waals surface area (Å²) in [6, 6.07) is 0.287. The van der Waals surface area contributed by atoms with Gasteiger partial charge in [0, 0.05) is 13.0 Å². The van der Waals surface area contributed by atoms with Crippen LogP contribution in [0.5, 0.6) is 0 Å². The molecule has 2 aliphatic heterocycles. The molecule has 3 nitrogen and oxygen atoms in total. The van der Waals surface area contributed by atoms with E-state index in [0.717, 1.165) is 19.4 Å². The van der Waals surface area contributed by atoms with E-state index in [9.17, 15) is 4.79 Å². The number of carbonyl (C=O) groups excluding carboxylic acids is 1. The standard InChI is InChI=1S/C9H15NO2/c1-6-5-8(11)10-7-3-2-4-12-9(6)7/h6-7,9H,2-5H2,1H3,(H,10,11). The lowest BCUT2D eigenvalue weighted by Crippen LogP contribution is -2.54. The zero-order valence-electron chi connectivity index (χ0n) is 7.38. The van der Waals surface area contributed by atoms with Crippen molar-refractivity contribution in [1.82, 2.24) is 5.32 Å². The lowest BCUT2D eigenvalue weighted by molar-refractivity contribution is -0.134. The van der Waals surface area contributed by atoms with Crippen LogP contribution in [0.1, 0.15) is 26.2 Å². The lowest BCUT2D eigenvalue weighted by Gasteiger charge is -2.39. The molecule has 0 aromatic rings. The van der Waals surface area contributed by atoms with Crippen molar-refractivity contribution in [2.24, 2.45) is 5.92 Å². The first kappa shape index (κ1) is 8.05. The number of fused-ring (bicyclic) bond motifs is 1. The zero-order valence-corrected chi connectivity index (χ0v) is 7.38. The molecular weight excluding hydrogens is 154 g/mol. The van der Waals surface area contributed by atoms with Crippen LogP contribution >= 0.6 is 0 Å². The van der Waals surface area contributed by atoms with E-state index in [1.54, 1.807) is 0 Å². The van der Waals surface area contributed by atoms with Crippen molar-refractivity contribution in [2.75, 3.05) is 6.61 Å². The maximum absolute atomic E-state index is 11.2. The molecule has 68 valence electrons. The Labute approximate surface area is 72.5 Å². The molecule has 0 aromatic heterocycles. The van der Waals surface area contributed by atoms with E-state index in [1.807, 2.05) is 0 Å². The molecule has 3 heteroatoms. The molecule has 1 N–H and O–H groups in total.